The fourth-order valence-corrected chi connectivity index (χ4v) is 3.27. The molecule has 26 heavy (non-hydrogen) atoms. The molecule has 1 aliphatic rings. The lowest BCUT2D eigenvalue weighted by molar-refractivity contribution is -0.137. The number of likely N-dealkylation sites (tertiary alicyclic amines) is 1. The Kier molecular flexibility index (Phi) is 5.29. The van der Waals surface area contributed by atoms with E-state index in [4.69, 9.17) is 5.73 Å². The van der Waals surface area contributed by atoms with Crippen molar-refractivity contribution in [3.63, 3.8) is 0 Å². The minimum atomic E-state index is -4.44. The summed E-state index contributed by atoms with van der Waals surface area (Å²) in [6.07, 6.45) is -4.44. The molecule has 1 fully saturated rings. The number of benzene rings is 2. The molecule has 0 aromatic heterocycles. The lowest BCUT2D eigenvalue weighted by Crippen LogP contribution is -2.33. The first-order chi connectivity index (χ1) is 12.3. The van der Waals surface area contributed by atoms with Crippen molar-refractivity contribution in [2.75, 3.05) is 25.0 Å². The number of amides is 1. The molecular weight excluding hydrogens is 343 g/mol. The van der Waals surface area contributed by atoms with Crippen molar-refractivity contribution in [1.29, 1.82) is 0 Å². The number of carbonyl (C=O) groups is 1. The van der Waals surface area contributed by atoms with E-state index in [2.05, 4.69) is 5.32 Å². The Hall–Kier alpha value is -2.38. The molecule has 0 saturated carbocycles. The highest BCUT2D eigenvalue weighted by molar-refractivity contribution is 5.92. The van der Waals surface area contributed by atoms with Crippen LogP contribution in [0.5, 0.6) is 0 Å². The predicted octanol–water partition coefficient (Wildman–Crippen LogP) is 3.07. The van der Waals surface area contributed by atoms with Crippen LogP contribution in [0, 0.1) is 0 Å². The Morgan fingerprint density at radius 1 is 1.12 bits per heavy atom. The average Bonchev–Trinajstić information content (AvgIpc) is 2.95. The van der Waals surface area contributed by atoms with E-state index in [1.54, 1.807) is 0 Å². The summed E-state index contributed by atoms with van der Waals surface area (Å²) in [5.74, 6) is -0.220. The molecule has 138 valence electrons. The maximum atomic E-state index is 12.7. The fraction of sp³-hybridized carbons (Fsp3) is 0.316. The van der Waals surface area contributed by atoms with Gasteiger partial charge in [0.1, 0.15) is 0 Å². The van der Waals surface area contributed by atoms with Gasteiger partial charge in [-0.15, -0.1) is 0 Å². The topological polar surface area (TPSA) is 58.4 Å². The summed E-state index contributed by atoms with van der Waals surface area (Å²) in [5.41, 5.74) is 6.67. The van der Waals surface area contributed by atoms with Crippen molar-refractivity contribution in [1.82, 2.24) is 4.90 Å². The first-order valence-electron chi connectivity index (χ1n) is 8.33. The zero-order chi connectivity index (χ0) is 18.7. The van der Waals surface area contributed by atoms with Crippen LogP contribution >= 0.6 is 0 Å². The van der Waals surface area contributed by atoms with Crippen LogP contribution in [0.1, 0.15) is 17.0 Å². The highest BCUT2D eigenvalue weighted by Crippen LogP contribution is 2.31. The third kappa shape index (κ3) is 4.42. The maximum Gasteiger partial charge on any atom is 0.416 e. The number of anilines is 1. The average molecular weight is 363 g/mol. The van der Waals surface area contributed by atoms with Gasteiger partial charge >= 0.3 is 6.18 Å². The van der Waals surface area contributed by atoms with E-state index in [9.17, 15) is 18.0 Å². The van der Waals surface area contributed by atoms with Gasteiger partial charge in [-0.1, -0.05) is 36.4 Å². The zero-order valence-electron chi connectivity index (χ0n) is 14.0. The molecule has 2 atom stereocenters. The van der Waals surface area contributed by atoms with Crippen LogP contribution in [0.4, 0.5) is 18.9 Å². The summed E-state index contributed by atoms with van der Waals surface area (Å²) in [6.45, 7) is 1.30. The lowest BCUT2D eigenvalue weighted by atomic mass is 9.95. The molecule has 0 unspecified atom stereocenters. The van der Waals surface area contributed by atoms with Crippen LogP contribution in [0.25, 0.3) is 0 Å². The third-order valence-electron chi connectivity index (χ3n) is 4.51. The lowest BCUT2D eigenvalue weighted by Gasteiger charge is -2.16. The highest BCUT2D eigenvalue weighted by Gasteiger charge is 2.32. The number of nitrogens with zero attached hydrogens (tertiary/aromatic N) is 1. The summed E-state index contributed by atoms with van der Waals surface area (Å²) in [5, 5.41) is 2.53. The normalized spacial score (nSPS) is 20.9. The molecule has 0 spiro atoms. The van der Waals surface area contributed by atoms with Gasteiger partial charge in [-0.05, 0) is 23.8 Å². The van der Waals surface area contributed by atoms with Crippen molar-refractivity contribution >= 4 is 11.6 Å². The second kappa shape index (κ2) is 7.47. The molecular formula is C19H20F3N3O. The van der Waals surface area contributed by atoms with Gasteiger partial charge < -0.3 is 11.1 Å². The molecule has 1 amide bonds. The number of nitrogens with two attached hydrogens (primary N) is 1. The zero-order valence-corrected chi connectivity index (χ0v) is 14.0. The van der Waals surface area contributed by atoms with E-state index >= 15 is 0 Å². The molecule has 0 aliphatic carbocycles. The summed E-state index contributed by atoms with van der Waals surface area (Å²) in [4.78, 5) is 14.1. The first kappa shape index (κ1) is 18.4. The molecule has 2 aromatic rings. The monoisotopic (exact) mass is 363 g/mol. The summed E-state index contributed by atoms with van der Waals surface area (Å²) < 4.78 is 38.2. The Morgan fingerprint density at radius 2 is 1.85 bits per heavy atom. The van der Waals surface area contributed by atoms with Gasteiger partial charge in [-0.25, -0.2) is 0 Å². The van der Waals surface area contributed by atoms with E-state index in [1.165, 1.54) is 12.1 Å². The quantitative estimate of drug-likeness (QED) is 0.878. The summed E-state index contributed by atoms with van der Waals surface area (Å²) in [7, 11) is 0. The number of rotatable bonds is 4. The standard InChI is InChI=1S/C19H20F3N3O/c20-19(21,22)14-7-4-8-15(9-14)24-18(26)12-25-10-16(17(23)11-25)13-5-2-1-3-6-13/h1-9,16-17H,10-12,23H2,(H,24,26)/t16-,17+/m0/s1. The Bertz CT molecular complexity index is 764. The second-order valence-electron chi connectivity index (χ2n) is 6.50. The largest absolute Gasteiger partial charge is 0.416 e. The molecule has 1 heterocycles. The van der Waals surface area contributed by atoms with Crippen LogP contribution in [-0.4, -0.2) is 36.5 Å². The van der Waals surface area contributed by atoms with E-state index < -0.39 is 11.7 Å². The number of carbonyl (C=O) groups excluding carboxylic acids is 1. The summed E-state index contributed by atoms with van der Waals surface area (Å²) >= 11 is 0. The van der Waals surface area contributed by atoms with Gasteiger partial charge in [0.15, 0.2) is 0 Å². The van der Waals surface area contributed by atoms with Crippen LogP contribution in [0.3, 0.4) is 0 Å². The van der Waals surface area contributed by atoms with E-state index in [-0.39, 0.29) is 30.1 Å². The molecule has 4 nitrogen and oxygen atoms in total. The van der Waals surface area contributed by atoms with Gasteiger partial charge in [0.25, 0.3) is 0 Å². The van der Waals surface area contributed by atoms with Crippen LogP contribution in [0.15, 0.2) is 54.6 Å². The molecule has 1 aliphatic heterocycles. The SMILES string of the molecule is N[C@@H]1CN(CC(=O)Nc2cccc(C(F)(F)F)c2)C[C@H]1c1ccccc1. The van der Waals surface area contributed by atoms with Crippen LogP contribution in [-0.2, 0) is 11.0 Å². The van der Waals surface area contributed by atoms with Crippen molar-refractivity contribution in [2.45, 2.75) is 18.1 Å². The van der Waals surface area contributed by atoms with Gasteiger partial charge in [-0.3, -0.25) is 9.69 Å². The van der Waals surface area contributed by atoms with Gasteiger partial charge in [0, 0.05) is 30.7 Å². The molecule has 0 radical (unpaired) electrons. The van der Waals surface area contributed by atoms with Crippen molar-refractivity contribution < 1.29 is 18.0 Å². The van der Waals surface area contributed by atoms with Gasteiger partial charge in [0.2, 0.25) is 5.91 Å². The molecule has 1 saturated heterocycles. The van der Waals surface area contributed by atoms with Gasteiger partial charge in [0.05, 0.1) is 12.1 Å². The van der Waals surface area contributed by atoms with Gasteiger partial charge in [-0.2, -0.15) is 13.2 Å². The third-order valence-corrected chi connectivity index (χ3v) is 4.51. The van der Waals surface area contributed by atoms with E-state index in [0.717, 1.165) is 17.7 Å². The minimum absolute atomic E-state index is 0.0845. The van der Waals surface area contributed by atoms with Crippen molar-refractivity contribution in [2.24, 2.45) is 5.73 Å². The number of hydrogen-bond donors (Lipinski definition) is 2. The Labute approximate surface area is 149 Å². The smallest absolute Gasteiger partial charge is 0.326 e. The van der Waals surface area contributed by atoms with Crippen molar-refractivity contribution in [3.8, 4) is 0 Å². The molecule has 3 N–H and O–H groups in total. The number of alkyl halides is 3. The Balaban J connectivity index is 1.59. The van der Waals surface area contributed by atoms with Crippen LogP contribution < -0.4 is 11.1 Å². The Morgan fingerprint density at radius 3 is 2.54 bits per heavy atom. The predicted molar refractivity (Wildman–Crippen MR) is 93.7 cm³/mol. The molecule has 3 rings (SSSR count). The number of nitrogens with one attached hydrogen (secondary N) is 1. The molecule has 7 heteroatoms. The molecule has 2 aromatic carbocycles. The minimum Gasteiger partial charge on any atom is -0.326 e. The highest BCUT2D eigenvalue weighted by atomic mass is 19.4. The first-order valence-corrected chi connectivity index (χ1v) is 8.33. The fourth-order valence-electron chi connectivity index (χ4n) is 3.27. The summed E-state index contributed by atoms with van der Waals surface area (Å²) in [6, 6.07) is 14.4. The van der Waals surface area contributed by atoms with E-state index in [1.807, 2.05) is 35.2 Å². The van der Waals surface area contributed by atoms with E-state index in [0.29, 0.717) is 13.1 Å². The molecule has 0 bridgehead atoms. The maximum absolute atomic E-state index is 12.7. The number of hydrogen-bond acceptors (Lipinski definition) is 3. The van der Waals surface area contributed by atoms with Crippen molar-refractivity contribution in [3.05, 3.63) is 65.7 Å². The van der Waals surface area contributed by atoms with Crippen LogP contribution in [0.2, 0.25) is 0 Å². The second-order valence-corrected chi connectivity index (χ2v) is 6.50. The number of halogens is 3.